The molecule has 0 saturated carbocycles. The number of nitrogens with two attached hydrogens (primary N) is 1. The lowest BCUT2D eigenvalue weighted by Crippen LogP contribution is -2.19. The molecule has 5 N–H and O–H groups in total. The van der Waals surface area contributed by atoms with Crippen LogP contribution in [0, 0.1) is 0 Å². The highest BCUT2D eigenvalue weighted by Gasteiger charge is 2.33. The van der Waals surface area contributed by atoms with E-state index in [2.05, 4.69) is 10.1 Å². The summed E-state index contributed by atoms with van der Waals surface area (Å²) in [7, 11) is 0. The average molecular weight is 324 g/mol. The first-order chi connectivity index (χ1) is 10.7. The van der Waals surface area contributed by atoms with Crippen molar-refractivity contribution in [1.82, 2.24) is 14.6 Å². The van der Waals surface area contributed by atoms with Crippen molar-refractivity contribution in [3.63, 3.8) is 0 Å². The summed E-state index contributed by atoms with van der Waals surface area (Å²) in [6, 6.07) is 3.65. The number of fused-ring (bicyclic) bond motifs is 1. The topological polar surface area (TPSA) is 143 Å². The van der Waals surface area contributed by atoms with Gasteiger partial charge in [-0.2, -0.15) is 5.10 Å². The lowest BCUT2D eigenvalue weighted by Gasteiger charge is -2.11. The fraction of sp³-hybridized carbons (Fsp3) is 0.500. The van der Waals surface area contributed by atoms with Crippen LogP contribution in [0.1, 0.15) is 38.5 Å². The van der Waals surface area contributed by atoms with Gasteiger partial charge < -0.3 is 25.8 Å². The summed E-state index contributed by atoms with van der Waals surface area (Å²) in [5.74, 6) is -2.03. The van der Waals surface area contributed by atoms with Crippen molar-refractivity contribution in [3.8, 4) is 0 Å². The van der Waals surface area contributed by atoms with E-state index in [-0.39, 0.29) is 6.10 Å². The molecule has 0 unspecified atom stereocenters. The number of aliphatic hydroxyl groups is 2. The van der Waals surface area contributed by atoms with Gasteiger partial charge in [0.1, 0.15) is 17.9 Å². The van der Waals surface area contributed by atoms with Crippen LogP contribution in [-0.2, 0) is 9.53 Å². The lowest BCUT2D eigenvalue weighted by molar-refractivity contribution is -0.149. The molecule has 3 rings (SSSR count). The number of carbonyl (C=O) groups is 1. The van der Waals surface area contributed by atoms with Crippen molar-refractivity contribution in [2.45, 2.75) is 44.7 Å². The van der Waals surface area contributed by atoms with Gasteiger partial charge in [-0.25, -0.2) is 14.3 Å². The Hall–Kier alpha value is -2.23. The van der Waals surface area contributed by atoms with E-state index in [0.717, 1.165) is 5.69 Å². The lowest BCUT2D eigenvalue weighted by atomic mass is 10.1. The third-order valence-corrected chi connectivity index (χ3v) is 3.14. The summed E-state index contributed by atoms with van der Waals surface area (Å²) in [6.45, 7) is 2.60. The largest absolute Gasteiger partial charge is 0.479 e. The van der Waals surface area contributed by atoms with Crippen LogP contribution in [0.5, 0.6) is 0 Å². The van der Waals surface area contributed by atoms with Crippen LogP contribution >= 0.6 is 0 Å². The first-order valence-electron chi connectivity index (χ1n) is 7.08. The molecule has 23 heavy (non-hydrogen) atoms. The molecule has 9 nitrogen and oxygen atoms in total. The van der Waals surface area contributed by atoms with E-state index in [4.69, 9.17) is 25.8 Å². The summed E-state index contributed by atoms with van der Waals surface area (Å²) in [4.78, 5) is 14.8. The molecule has 2 aromatic rings. The van der Waals surface area contributed by atoms with Gasteiger partial charge in [-0.3, -0.25) is 0 Å². The summed E-state index contributed by atoms with van der Waals surface area (Å²) >= 11 is 0. The van der Waals surface area contributed by atoms with Gasteiger partial charge in [-0.05, 0) is 38.8 Å². The van der Waals surface area contributed by atoms with Gasteiger partial charge in [0.2, 0.25) is 0 Å². The summed E-state index contributed by atoms with van der Waals surface area (Å²) in [6.07, 6.45) is 1.54. The molecule has 0 spiro atoms. The average Bonchev–Trinajstić information content (AvgIpc) is 3.02. The SMILES string of the molecule is CC(C)(O)O.Nc1ncnn2c([C@H]3CC[C@@H](C(=O)O)O3)ccc12. The van der Waals surface area contributed by atoms with E-state index in [1.807, 2.05) is 12.1 Å². The highest BCUT2D eigenvalue weighted by atomic mass is 16.5. The van der Waals surface area contributed by atoms with Crippen molar-refractivity contribution in [2.24, 2.45) is 0 Å². The Morgan fingerprint density at radius 2 is 2.04 bits per heavy atom. The van der Waals surface area contributed by atoms with Crippen LogP contribution < -0.4 is 5.73 Å². The highest BCUT2D eigenvalue weighted by molar-refractivity contribution is 5.72. The quantitative estimate of drug-likeness (QED) is 0.578. The maximum atomic E-state index is 10.9. The minimum atomic E-state index is -1.50. The number of nitrogen functional groups attached to an aromatic ring is 1. The number of hydrogen-bond donors (Lipinski definition) is 4. The second-order valence-electron chi connectivity index (χ2n) is 5.72. The van der Waals surface area contributed by atoms with Crippen LogP contribution in [-0.4, -0.2) is 47.8 Å². The summed E-state index contributed by atoms with van der Waals surface area (Å²) in [5.41, 5.74) is 7.25. The number of rotatable bonds is 2. The van der Waals surface area contributed by atoms with Gasteiger partial charge in [0, 0.05) is 0 Å². The molecule has 0 bridgehead atoms. The minimum Gasteiger partial charge on any atom is -0.479 e. The van der Waals surface area contributed by atoms with Gasteiger partial charge >= 0.3 is 5.97 Å². The zero-order chi connectivity index (χ0) is 17.2. The molecule has 1 saturated heterocycles. The molecule has 2 aromatic heterocycles. The van der Waals surface area contributed by atoms with E-state index in [1.54, 1.807) is 4.52 Å². The van der Waals surface area contributed by atoms with E-state index >= 15 is 0 Å². The fourth-order valence-electron chi connectivity index (χ4n) is 2.25. The number of ether oxygens (including phenoxy) is 1. The molecular weight excluding hydrogens is 304 g/mol. The molecule has 1 aliphatic rings. The number of carboxylic acids is 1. The van der Waals surface area contributed by atoms with E-state index < -0.39 is 17.9 Å². The first kappa shape index (κ1) is 17.1. The second kappa shape index (κ2) is 6.49. The molecule has 1 fully saturated rings. The maximum absolute atomic E-state index is 10.9. The molecule has 3 heterocycles. The molecule has 9 heteroatoms. The highest BCUT2D eigenvalue weighted by Crippen LogP contribution is 2.33. The third kappa shape index (κ3) is 4.38. The number of carboxylic acid groups (broad SMARTS) is 1. The summed E-state index contributed by atoms with van der Waals surface area (Å²) in [5, 5.41) is 29.2. The van der Waals surface area contributed by atoms with Crippen LogP contribution in [0.4, 0.5) is 5.82 Å². The molecular formula is C14H20N4O5. The van der Waals surface area contributed by atoms with Crippen molar-refractivity contribution in [2.75, 3.05) is 5.73 Å². The molecule has 0 aliphatic carbocycles. The Labute approximate surface area is 132 Å². The number of nitrogens with zero attached hydrogens (tertiary/aromatic N) is 3. The van der Waals surface area contributed by atoms with Gasteiger partial charge in [0.05, 0.1) is 5.69 Å². The van der Waals surface area contributed by atoms with Crippen LogP contribution in [0.3, 0.4) is 0 Å². The minimum absolute atomic E-state index is 0.261. The van der Waals surface area contributed by atoms with Crippen LogP contribution in [0.2, 0.25) is 0 Å². The van der Waals surface area contributed by atoms with Gasteiger partial charge in [-0.15, -0.1) is 0 Å². The maximum Gasteiger partial charge on any atom is 0.332 e. The second-order valence-corrected chi connectivity index (χ2v) is 5.72. The third-order valence-electron chi connectivity index (χ3n) is 3.14. The Bertz CT molecular complexity index is 688. The molecule has 0 amide bonds. The Kier molecular flexibility index (Phi) is 4.83. The normalized spacial score (nSPS) is 21.0. The van der Waals surface area contributed by atoms with Crippen LogP contribution in [0.25, 0.3) is 5.52 Å². The number of hydrogen-bond acceptors (Lipinski definition) is 7. The Morgan fingerprint density at radius 3 is 2.61 bits per heavy atom. The van der Waals surface area contributed by atoms with E-state index in [0.29, 0.717) is 24.2 Å². The van der Waals surface area contributed by atoms with Crippen molar-refractivity contribution in [1.29, 1.82) is 0 Å². The van der Waals surface area contributed by atoms with Crippen LogP contribution in [0.15, 0.2) is 18.5 Å². The molecule has 2 atom stereocenters. The monoisotopic (exact) mass is 324 g/mol. The van der Waals surface area contributed by atoms with Crippen molar-refractivity contribution >= 4 is 17.3 Å². The molecule has 126 valence electrons. The summed E-state index contributed by atoms with van der Waals surface area (Å²) < 4.78 is 7.14. The molecule has 0 aromatic carbocycles. The Balaban J connectivity index is 0.000000338. The molecule has 1 aliphatic heterocycles. The molecule has 0 radical (unpaired) electrons. The fourth-order valence-corrected chi connectivity index (χ4v) is 2.25. The predicted octanol–water partition coefficient (Wildman–Crippen LogP) is 0.323. The zero-order valence-corrected chi connectivity index (χ0v) is 12.9. The number of aliphatic carboxylic acids is 1. The van der Waals surface area contributed by atoms with E-state index in [1.165, 1.54) is 20.2 Å². The van der Waals surface area contributed by atoms with Crippen molar-refractivity contribution < 1.29 is 24.9 Å². The number of anilines is 1. The Morgan fingerprint density at radius 1 is 1.39 bits per heavy atom. The van der Waals surface area contributed by atoms with Gasteiger partial charge in [0.15, 0.2) is 17.7 Å². The number of aromatic nitrogens is 3. The zero-order valence-electron chi connectivity index (χ0n) is 12.9. The standard InChI is InChI=1S/C11H12N4O3.C3H8O2/c12-10-7-2-1-6(15(7)14-5-13-10)8-3-4-9(18-8)11(16)17;1-3(2,4)5/h1-2,5,8-9H,3-4H2,(H,16,17)(H2,12,13,14);4-5H,1-2H3/t8-,9+;/m1./s1. The van der Waals surface area contributed by atoms with Gasteiger partial charge in [-0.1, -0.05) is 0 Å². The smallest absolute Gasteiger partial charge is 0.332 e. The van der Waals surface area contributed by atoms with Gasteiger partial charge in [0.25, 0.3) is 0 Å². The predicted molar refractivity (Wildman–Crippen MR) is 80.4 cm³/mol. The van der Waals surface area contributed by atoms with Crippen molar-refractivity contribution in [3.05, 3.63) is 24.2 Å². The first-order valence-corrected chi connectivity index (χ1v) is 7.08. The van der Waals surface area contributed by atoms with E-state index in [9.17, 15) is 4.79 Å².